The highest BCUT2D eigenvalue weighted by atomic mass is 16.5. The van der Waals surface area contributed by atoms with Crippen molar-refractivity contribution in [2.24, 2.45) is 0 Å². The predicted octanol–water partition coefficient (Wildman–Crippen LogP) is 1.98. The summed E-state index contributed by atoms with van der Waals surface area (Å²) in [6.45, 7) is 2.89. The molecule has 8 nitrogen and oxygen atoms in total. The molecular weight excluding hydrogens is 382 g/mol. The van der Waals surface area contributed by atoms with Crippen LogP contribution < -0.4 is 9.64 Å². The lowest BCUT2D eigenvalue weighted by Gasteiger charge is -2.35. The number of carbonyl (C=O) groups excluding carboxylic acids is 1. The molecule has 0 unspecified atom stereocenters. The maximum atomic E-state index is 12.8. The molecule has 1 N–H and O–H groups in total. The smallest absolute Gasteiger partial charge is 0.293 e. The van der Waals surface area contributed by atoms with Gasteiger partial charge < -0.3 is 19.6 Å². The van der Waals surface area contributed by atoms with Crippen LogP contribution in [0.25, 0.3) is 0 Å². The van der Waals surface area contributed by atoms with Crippen molar-refractivity contribution in [1.29, 1.82) is 0 Å². The maximum absolute atomic E-state index is 12.8. The van der Waals surface area contributed by atoms with Crippen molar-refractivity contribution in [3.05, 3.63) is 72.3 Å². The number of piperazine rings is 1. The Balaban J connectivity index is 1.34. The van der Waals surface area contributed by atoms with E-state index in [9.17, 15) is 9.90 Å². The number of aliphatic hydroxyl groups is 1. The molecule has 1 aromatic heterocycles. The van der Waals surface area contributed by atoms with Crippen LogP contribution in [0.1, 0.15) is 22.3 Å². The number of rotatable bonds is 6. The summed E-state index contributed by atoms with van der Waals surface area (Å²) in [6.07, 6.45) is 0.786. The Hall–Kier alpha value is -3.39. The predicted molar refractivity (Wildman–Crippen MR) is 113 cm³/mol. The highest BCUT2D eigenvalue weighted by Crippen LogP contribution is 2.22. The normalized spacial score (nSPS) is 15.1. The quantitative estimate of drug-likeness (QED) is 0.673. The summed E-state index contributed by atoms with van der Waals surface area (Å²) in [6, 6.07) is 17.3. The fraction of sp³-hybridized carbons (Fsp3) is 0.318. The summed E-state index contributed by atoms with van der Waals surface area (Å²) in [5, 5.41) is 14.6. The first-order chi connectivity index (χ1) is 14.6. The summed E-state index contributed by atoms with van der Waals surface area (Å²) >= 11 is 0. The van der Waals surface area contributed by atoms with Crippen molar-refractivity contribution in [2.45, 2.75) is 12.6 Å². The highest BCUT2D eigenvalue weighted by Gasteiger charge is 2.25. The van der Waals surface area contributed by atoms with Crippen molar-refractivity contribution in [3.8, 4) is 5.75 Å². The van der Waals surface area contributed by atoms with Gasteiger partial charge in [0.25, 0.3) is 5.91 Å². The Bertz CT molecular complexity index is 983. The molecule has 2 aromatic carbocycles. The molecule has 30 heavy (non-hydrogen) atoms. The molecule has 3 aromatic rings. The Morgan fingerprint density at radius 1 is 1.10 bits per heavy atom. The third-order valence-corrected chi connectivity index (χ3v) is 5.26. The fourth-order valence-corrected chi connectivity index (χ4v) is 3.55. The van der Waals surface area contributed by atoms with Crippen molar-refractivity contribution < 1.29 is 14.6 Å². The largest absolute Gasteiger partial charge is 0.497 e. The number of methoxy groups -OCH3 is 1. The summed E-state index contributed by atoms with van der Waals surface area (Å²) < 4.78 is 6.80. The zero-order chi connectivity index (χ0) is 20.9. The van der Waals surface area contributed by atoms with Crippen LogP contribution in [-0.4, -0.2) is 64.0 Å². The molecular formula is C22H25N5O3. The van der Waals surface area contributed by atoms with Crippen molar-refractivity contribution >= 4 is 11.6 Å². The zero-order valence-corrected chi connectivity index (χ0v) is 16.9. The minimum absolute atomic E-state index is 0.157. The van der Waals surface area contributed by atoms with Crippen LogP contribution in [0.3, 0.4) is 0 Å². The molecule has 4 rings (SSSR count). The van der Waals surface area contributed by atoms with Crippen molar-refractivity contribution in [2.75, 3.05) is 38.2 Å². The molecule has 1 aliphatic heterocycles. The topological polar surface area (TPSA) is 83.7 Å². The van der Waals surface area contributed by atoms with Crippen LogP contribution in [-0.2, 0) is 6.54 Å². The zero-order valence-electron chi connectivity index (χ0n) is 16.9. The number of aliphatic hydroxyl groups excluding tert-OH is 1. The van der Waals surface area contributed by atoms with Gasteiger partial charge in [-0.25, -0.2) is 9.67 Å². The van der Waals surface area contributed by atoms with Gasteiger partial charge >= 0.3 is 0 Å². The Labute approximate surface area is 175 Å². The lowest BCUT2D eigenvalue weighted by Crippen LogP contribution is -2.49. The molecule has 0 bridgehead atoms. The minimum atomic E-state index is -0.706. The van der Waals surface area contributed by atoms with E-state index >= 15 is 0 Å². The summed E-state index contributed by atoms with van der Waals surface area (Å²) in [5.41, 5.74) is 1.88. The standard InChI is InChI=1S/C22H25N5O3/c1-30-19-9-5-8-18(14-19)25-10-12-26(13-11-25)22(29)21-23-16-27(24-21)15-20(28)17-6-3-2-4-7-17/h2-9,14,16,20,28H,10-13,15H2,1H3/t20-/m0/s1. The number of anilines is 1. The Morgan fingerprint density at radius 2 is 1.87 bits per heavy atom. The SMILES string of the molecule is COc1cccc(N2CCN(C(=O)c3ncn(C[C@H](O)c4ccccc4)n3)CC2)c1. The average molecular weight is 407 g/mol. The van der Waals surface area contributed by atoms with Gasteiger partial charge in [-0.15, -0.1) is 5.10 Å². The monoisotopic (exact) mass is 407 g/mol. The second kappa shape index (κ2) is 8.96. The first-order valence-corrected chi connectivity index (χ1v) is 9.95. The fourth-order valence-electron chi connectivity index (χ4n) is 3.55. The van der Waals surface area contributed by atoms with Crippen LogP contribution >= 0.6 is 0 Å². The van der Waals surface area contributed by atoms with Crippen LogP contribution in [0, 0.1) is 0 Å². The number of benzene rings is 2. The second-order valence-corrected chi connectivity index (χ2v) is 7.20. The molecule has 0 aliphatic carbocycles. The third kappa shape index (κ3) is 4.44. The first kappa shape index (κ1) is 19.9. The van der Waals surface area contributed by atoms with Crippen LogP contribution in [0.2, 0.25) is 0 Å². The number of aromatic nitrogens is 3. The number of ether oxygens (including phenoxy) is 1. The molecule has 0 radical (unpaired) electrons. The van der Waals surface area contributed by atoms with Gasteiger partial charge in [0.05, 0.1) is 19.8 Å². The molecule has 1 amide bonds. The summed E-state index contributed by atoms with van der Waals surface area (Å²) in [7, 11) is 1.65. The summed E-state index contributed by atoms with van der Waals surface area (Å²) in [4.78, 5) is 21.0. The van der Waals surface area contributed by atoms with Crippen molar-refractivity contribution in [1.82, 2.24) is 19.7 Å². The molecule has 156 valence electrons. The molecule has 1 fully saturated rings. The molecule has 2 heterocycles. The van der Waals surface area contributed by atoms with E-state index in [4.69, 9.17) is 4.74 Å². The molecule has 1 atom stereocenters. The van der Waals surface area contributed by atoms with Gasteiger partial charge in [0.2, 0.25) is 5.82 Å². The van der Waals surface area contributed by atoms with Gasteiger partial charge in [-0.3, -0.25) is 4.79 Å². The maximum Gasteiger partial charge on any atom is 0.293 e. The second-order valence-electron chi connectivity index (χ2n) is 7.20. The van der Waals surface area contributed by atoms with E-state index in [-0.39, 0.29) is 18.3 Å². The third-order valence-electron chi connectivity index (χ3n) is 5.26. The van der Waals surface area contributed by atoms with Crippen LogP contribution in [0.4, 0.5) is 5.69 Å². The van der Waals surface area contributed by atoms with Gasteiger partial charge in [0.15, 0.2) is 0 Å². The van der Waals surface area contributed by atoms with E-state index < -0.39 is 6.10 Å². The molecule has 1 saturated heterocycles. The van der Waals surface area contributed by atoms with Gasteiger partial charge in [0, 0.05) is 37.9 Å². The molecule has 8 heteroatoms. The van der Waals surface area contributed by atoms with E-state index in [2.05, 4.69) is 15.0 Å². The van der Waals surface area contributed by atoms with E-state index in [1.165, 1.54) is 11.0 Å². The van der Waals surface area contributed by atoms with Gasteiger partial charge in [-0.2, -0.15) is 0 Å². The first-order valence-electron chi connectivity index (χ1n) is 9.95. The summed E-state index contributed by atoms with van der Waals surface area (Å²) in [5.74, 6) is 0.789. The number of hydrogen-bond acceptors (Lipinski definition) is 6. The molecule has 0 saturated carbocycles. The highest BCUT2D eigenvalue weighted by molar-refractivity contribution is 5.90. The Kier molecular flexibility index (Phi) is 5.94. The van der Waals surface area contributed by atoms with E-state index in [1.54, 1.807) is 12.0 Å². The number of nitrogens with zero attached hydrogens (tertiary/aromatic N) is 5. The van der Waals surface area contributed by atoms with Gasteiger partial charge in [-0.05, 0) is 17.7 Å². The van der Waals surface area contributed by atoms with E-state index in [0.29, 0.717) is 13.1 Å². The lowest BCUT2D eigenvalue weighted by atomic mass is 10.1. The number of amides is 1. The van der Waals surface area contributed by atoms with E-state index in [1.807, 2.05) is 54.6 Å². The minimum Gasteiger partial charge on any atom is -0.497 e. The Morgan fingerprint density at radius 3 is 2.60 bits per heavy atom. The van der Waals surface area contributed by atoms with Gasteiger partial charge in [0.1, 0.15) is 12.1 Å². The van der Waals surface area contributed by atoms with Crippen molar-refractivity contribution in [3.63, 3.8) is 0 Å². The average Bonchev–Trinajstić information content (AvgIpc) is 3.27. The van der Waals surface area contributed by atoms with Gasteiger partial charge in [-0.1, -0.05) is 36.4 Å². The number of carbonyl (C=O) groups is 1. The van der Waals surface area contributed by atoms with Crippen LogP contribution in [0.5, 0.6) is 5.75 Å². The number of hydrogen-bond donors (Lipinski definition) is 1. The molecule has 1 aliphatic rings. The van der Waals surface area contributed by atoms with Crippen LogP contribution in [0.15, 0.2) is 60.9 Å². The lowest BCUT2D eigenvalue weighted by molar-refractivity contribution is 0.0733. The van der Waals surface area contributed by atoms with E-state index in [0.717, 1.165) is 30.1 Å². The molecule has 0 spiro atoms.